The molecule has 3 aromatic carbocycles. The number of halogens is 1. The number of methoxy groups -OCH3 is 1. The number of hydrogen-bond acceptors (Lipinski definition) is 6. The number of aromatic nitrogens is 1. The van der Waals surface area contributed by atoms with E-state index in [0.717, 1.165) is 11.1 Å². The number of carbonyl (C=O) groups excluding carboxylic acids is 1. The minimum absolute atomic E-state index is 0.0218. The summed E-state index contributed by atoms with van der Waals surface area (Å²) >= 11 is 6.20. The van der Waals surface area contributed by atoms with E-state index in [-0.39, 0.29) is 22.3 Å². The molecular formula is C31H23ClN2O5. The minimum Gasteiger partial charge on any atom is -0.493 e. The van der Waals surface area contributed by atoms with Gasteiger partial charge >= 0.3 is 0 Å². The Balaban J connectivity index is 1.50. The van der Waals surface area contributed by atoms with Gasteiger partial charge in [-0.1, -0.05) is 48.0 Å². The molecule has 1 unspecified atom stereocenters. The molecule has 0 saturated carbocycles. The Morgan fingerprint density at radius 2 is 1.79 bits per heavy atom. The number of pyridine rings is 1. The molecule has 7 nitrogen and oxygen atoms in total. The molecule has 5 aromatic rings. The third kappa shape index (κ3) is 4.41. The number of anilines is 1. The first-order valence-corrected chi connectivity index (χ1v) is 12.7. The Kier molecular flexibility index (Phi) is 6.29. The van der Waals surface area contributed by atoms with Crippen LogP contribution in [0.4, 0.5) is 5.82 Å². The molecule has 194 valence electrons. The molecule has 0 bridgehead atoms. The molecule has 1 aliphatic rings. The van der Waals surface area contributed by atoms with Crippen molar-refractivity contribution in [3.05, 3.63) is 128 Å². The number of hydrogen-bond donors (Lipinski definition) is 0. The van der Waals surface area contributed by atoms with Crippen LogP contribution in [0.15, 0.2) is 94.3 Å². The zero-order chi connectivity index (χ0) is 27.1. The summed E-state index contributed by atoms with van der Waals surface area (Å²) in [6.45, 7) is 2.27. The van der Waals surface area contributed by atoms with Gasteiger partial charge in [0.05, 0.1) is 24.1 Å². The predicted molar refractivity (Wildman–Crippen MR) is 149 cm³/mol. The quantitative estimate of drug-likeness (QED) is 0.246. The van der Waals surface area contributed by atoms with Crippen molar-refractivity contribution in [1.29, 1.82) is 0 Å². The van der Waals surface area contributed by atoms with E-state index >= 15 is 0 Å². The Hall–Kier alpha value is -4.62. The molecule has 0 saturated heterocycles. The van der Waals surface area contributed by atoms with E-state index in [1.165, 1.54) is 4.90 Å². The third-order valence-electron chi connectivity index (χ3n) is 6.72. The first kappa shape index (κ1) is 24.7. The molecule has 1 aliphatic heterocycles. The van der Waals surface area contributed by atoms with Gasteiger partial charge in [0.15, 0.2) is 16.9 Å². The maximum atomic E-state index is 13.9. The number of nitrogens with zero attached hydrogens (tertiary/aromatic N) is 2. The highest BCUT2D eigenvalue weighted by Gasteiger charge is 2.44. The van der Waals surface area contributed by atoms with Crippen LogP contribution in [0.25, 0.3) is 11.0 Å². The van der Waals surface area contributed by atoms with Crippen molar-refractivity contribution in [3.8, 4) is 11.5 Å². The van der Waals surface area contributed by atoms with E-state index in [2.05, 4.69) is 4.98 Å². The first-order valence-electron chi connectivity index (χ1n) is 12.3. The van der Waals surface area contributed by atoms with Gasteiger partial charge < -0.3 is 13.9 Å². The number of amides is 1. The van der Waals surface area contributed by atoms with Crippen LogP contribution in [-0.4, -0.2) is 18.0 Å². The summed E-state index contributed by atoms with van der Waals surface area (Å²) in [5.41, 5.74) is 2.75. The first-order chi connectivity index (χ1) is 18.9. The average molecular weight is 539 g/mol. The maximum absolute atomic E-state index is 13.9. The van der Waals surface area contributed by atoms with Gasteiger partial charge in [0.1, 0.15) is 18.0 Å². The number of rotatable bonds is 6. The third-order valence-corrected chi connectivity index (χ3v) is 6.96. The van der Waals surface area contributed by atoms with Crippen molar-refractivity contribution in [2.45, 2.75) is 19.6 Å². The maximum Gasteiger partial charge on any atom is 0.296 e. The van der Waals surface area contributed by atoms with E-state index in [1.807, 2.05) is 49.4 Å². The fourth-order valence-electron chi connectivity index (χ4n) is 4.86. The zero-order valence-electron chi connectivity index (χ0n) is 21.2. The molecule has 1 amide bonds. The van der Waals surface area contributed by atoms with Crippen LogP contribution >= 0.6 is 11.6 Å². The molecule has 8 heteroatoms. The Bertz CT molecular complexity index is 1780. The van der Waals surface area contributed by atoms with Crippen molar-refractivity contribution >= 4 is 34.3 Å². The Morgan fingerprint density at radius 3 is 2.56 bits per heavy atom. The molecule has 2 aromatic heterocycles. The van der Waals surface area contributed by atoms with Crippen molar-refractivity contribution in [1.82, 2.24) is 4.98 Å². The molecular weight excluding hydrogens is 516 g/mol. The lowest BCUT2D eigenvalue weighted by Crippen LogP contribution is -2.30. The second-order valence-electron chi connectivity index (χ2n) is 9.27. The highest BCUT2D eigenvalue weighted by Crippen LogP contribution is 2.43. The van der Waals surface area contributed by atoms with Gasteiger partial charge in [0.25, 0.3) is 5.91 Å². The molecule has 0 aliphatic carbocycles. The standard InChI is InChI=1S/C31H23ClN2O5/c1-18-12-13-33-26(14-18)34-28(27-29(35)22-16-21(32)9-11-23(22)39-30(27)31(34)36)20-8-10-24(25(15-20)37-2)38-17-19-6-4-3-5-7-19/h3-16,28H,17H2,1-2H3. The number of aryl methyl sites for hydroxylation is 1. The van der Waals surface area contributed by atoms with Gasteiger partial charge in [-0.25, -0.2) is 4.98 Å². The molecule has 1 atom stereocenters. The molecule has 0 N–H and O–H groups in total. The molecule has 0 radical (unpaired) electrons. The van der Waals surface area contributed by atoms with E-state index in [1.54, 1.807) is 49.7 Å². The molecule has 6 rings (SSSR count). The fraction of sp³-hybridized carbons (Fsp3) is 0.129. The van der Waals surface area contributed by atoms with Crippen molar-refractivity contribution < 1.29 is 18.7 Å². The summed E-state index contributed by atoms with van der Waals surface area (Å²) in [7, 11) is 1.55. The van der Waals surface area contributed by atoms with E-state index in [0.29, 0.717) is 39.9 Å². The van der Waals surface area contributed by atoms with Gasteiger partial charge in [-0.3, -0.25) is 14.5 Å². The smallest absolute Gasteiger partial charge is 0.296 e. The summed E-state index contributed by atoms with van der Waals surface area (Å²) in [5.74, 6) is 0.931. The molecule has 0 spiro atoms. The van der Waals surface area contributed by atoms with Crippen LogP contribution in [0.1, 0.15) is 38.9 Å². The Morgan fingerprint density at radius 1 is 0.974 bits per heavy atom. The average Bonchev–Trinajstić information content (AvgIpc) is 3.25. The Labute approximate surface area is 229 Å². The number of fused-ring (bicyclic) bond motifs is 2. The van der Waals surface area contributed by atoms with Crippen molar-refractivity contribution in [2.24, 2.45) is 0 Å². The number of carbonyl (C=O) groups is 1. The highest BCUT2D eigenvalue weighted by molar-refractivity contribution is 6.31. The van der Waals surface area contributed by atoms with Gasteiger partial charge in [-0.2, -0.15) is 0 Å². The van der Waals surface area contributed by atoms with Gasteiger partial charge in [0.2, 0.25) is 5.76 Å². The predicted octanol–water partition coefficient (Wildman–Crippen LogP) is 6.49. The lowest BCUT2D eigenvalue weighted by Gasteiger charge is -2.25. The second-order valence-corrected chi connectivity index (χ2v) is 9.70. The van der Waals surface area contributed by atoms with Gasteiger partial charge in [-0.15, -0.1) is 0 Å². The second kappa shape index (κ2) is 9.93. The summed E-state index contributed by atoms with van der Waals surface area (Å²) in [4.78, 5) is 33.6. The van der Waals surface area contributed by atoms with Gasteiger partial charge in [-0.05, 0) is 66.1 Å². The van der Waals surface area contributed by atoms with Crippen LogP contribution in [0, 0.1) is 6.92 Å². The number of ether oxygens (including phenoxy) is 2. The summed E-state index contributed by atoms with van der Waals surface area (Å²) in [6, 6.07) is 22.8. The summed E-state index contributed by atoms with van der Waals surface area (Å²) < 4.78 is 17.7. The molecule has 39 heavy (non-hydrogen) atoms. The van der Waals surface area contributed by atoms with E-state index in [4.69, 9.17) is 25.5 Å². The van der Waals surface area contributed by atoms with Crippen molar-refractivity contribution in [3.63, 3.8) is 0 Å². The molecule has 3 heterocycles. The SMILES string of the molecule is COc1cc(C2c3c(oc4ccc(Cl)cc4c3=O)C(=O)N2c2cc(C)ccn2)ccc1OCc1ccccc1. The largest absolute Gasteiger partial charge is 0.493 e. The van der Waals surface area contributed by atoms with Crippen molar-refractivity contribution in [2.75, 3.05) is 12.0 Å². The van der Waals surface area contributed by atoms with Gasteiger partial charge in [0, 0.05) is 11.2 Å². The highest BCUT2D eigenvalue weighted by atomic mass is 35.5. The topological polar surface area (TPSA) is 81.9 Å². The van der Waals surface area contributed by atoms with Crippen LogP contribution < -0.4 is 19.8 Å². The van der Waals surface area contributed by atoms with Crippen LogP contribution in [0.3, 0.4) is 0 Å². The van der Waals surface area contributed by atoms with Crippen LogP contribution in [-0.2, 0) is 6.61 Å². The van der Waals surface area contributed by atoms with Crippen LogP contribution in [0.5, 0.6) is 11.5 Å². The summed E-state index contributed by atoms with van der Waals surface area (Å²) in [6.07, 6.45) is 1.63. The van der Waals surface area contributed by atoms with E-state index in [9.17, 15) is 9.59 Å². The lowest BCUT2D eigenvalue weighted by molar-refractivity contribution is 0.0970. The van der Waals surface area contributed by atoms with Crippen LogP contribution in [0.2, 0.25) is 5.02 Å². The molecule has 0 fully saturated rings. The minimum atomic E-state index is -0.807. The zero-order valence-corrected chi connectivity index (χ0v) is 21.9. The van der Waals surface area contributed by atoms with E-state index < -0.39 is 11.9 Å². The fourth-order valence-corrected chi connectivity index (χ4v) is 5.03. The number of benzene rings is 3. The normalized spacial score (nSPS) is 14.5. The monoisotopic (exact) mass is 538 g/mol. The summed E-state index contributed by atoms with van der Waals surface area (Å²) in [5, 5.41) is 0.697. The lowest BCUT2D eigenvalue weighted by atomic mass is 9.98.